The molecule has 1 unspecified atom stereocenters. The van der Waals surface area contributed by atoms with Gasteiger partial charge in [0.25, 0.3) is 0 Å². The van der Waals surface area contributed by atoms with Crippen LogP contribution in [-0.2, 0) is 22.9 Å². The first kappa shape index (κ1) is 20.5. The molecule has 1 aliphatic rings. The second-order valence-corrected chi connectivity index (χ2v) is 9.89. The van der Waals surface area contributed by atoms with Gasteiger partial charge >= 0.3 is 0 Å². The van der Waals surface area contributed by atoms with Gasteiger partial charge in [0.05, 0.1) is 17.8 Å². The SMILES string of the molecule is COc1cc(CC2CCS(=O)(=O)c3ccc(C)cc32)ccc1OCc1ccccc1. The third-order valence-corrected chi connectivity index (χ3v) is 7.44. The molecule has 156 valence electrons. The average Bonchev–Trinajstić information content (AvgIpc) is 2.75. The normalized spacial score (nSPS) is 17.2. The monoisotopic (exact) mass is 422 g/mol. The first-order valence-corrected chi connectivity index (χ1v) is 11.8. The Morgan fingerprint density at radius 2 is 1.73 bits per heavy atom. The predicted molar refractivity (Wildman–Crippen MR) is 118 cm³/mol. The molecule has 0 saturated carbocycles. The quantitative estimate of drug-likeness (QED) is 0.555. The number of rotatable bonds is 6. The Morgan fingerprint density at radius 1 is 0.933 bits per heavy atom. The lowest BCUT2D eigenvalue weighted by Crippen LogP contribution is -2.21. The molecular weight excluding hydrogens is 396 g/mol. The Hall–Kier alpha value is -2.79. The second-order valence-electron chi connectivity index (χ2n) is 7.81. The lowest BCUT2D eigenvalue weighted by Gasteiger charge is -2.26. The summed E-state index contributed by atoms with van der Waals surface area (Å²) in [5.74, 6) is 1.76. The van der Waals surface area contributed by atoms with E-state index in [1.165, 1.54) is 0 Å². The maximum Gasteiger partial charge on any atom is 0.178 e. The molecule has 0 aliphatic carbocycles. The van der Waals surface area contributed by atoms with E-state index in [0.29, 0.717) is 29.4 Å². The Balaban J connectivity index is 1.55. The van der Waals surface area contributed by atoms with Gasteiger partial charge in [-0.15, -0.1) is 0 Å². The van der Waals surface area contributed by atoms with Gasteiger partial charge in [0.1, 0.15) is 6.61 Å². The number of aryl methyl sites for hydroxylation is 1. The van der Waals surface area contributed by atoms with Gasteiger partial charge in [-0.25, -0.2) is 8.42 Å². The van der Waals surface area contributed by atoms with E-state index in [2.05, 4.69) is 0 Å². The van der Waals surface area contributed by atoms with Crippen LogP contribution in [0, 0.1) is 6.92 Å². The highest BCUT2D eigenvalue weighted by Crippen LogP contribution is 2.38. The third kappa shape index (κ3) is 4.36. The topological polar surface area (TPSA) is 52.6 Å². The van der Waals surface area contributed by atoms with Crippen LogP contribution >= 0.6 is 0 Å². The number of benzene rings is 3. The smallest absolute Gasteiger partial charge is 0.178 e. The number of sulfone groups is 1. The summed E-state index contributed by atoms with van der Waals surface area (Å²) in [7, 11) is -1.54. The van der Waals surface area contributed by atoms with Crippen molar-refractivity contribution in [3.05, 3.63) is 89.0 Å². The standard InChI is InChI=1S/C25H26O4S/c1-18-8-11-25-22(14-18)21(12-13-30(25,26)27)15-20-9-10-23(24(16-20)28-2)29-17-19-6-4-3-5-7-19/h3-11,14,16,21H,12-13,15,17H2,1-2H3. The summed E-state index contributed by atoms with van der Waals surface area (Å²) in [5, 5.41) is 0. The van der Waals surface area contributed by atoms with E-state index in [0.717, 1.165) is 28.7 Å². The summed E-state index contributed by atoms with van der Waals surface area (Å²) in [6.45, 7) is 2.48. The van der Waals surface area contributed by atoms with Gasteiger partial charge in [-0.2, -0.15) is 0 Å². The lowest BCUT2D eigenvalue weighted by molar-refractivity contribution is 0.284. The summed E-state index contributed by atoms with van der Waals surface area (Å²) in [5.41, 5.74) is 4.22. The molecule has 3 aromatic carbocycles. The van der Waals surface area contributed by atoms with Crippen molar-refractivity contribution >= 4 is 9.84 Å². The maximum atomic E-state index is 12.5. The molecule has 0 saturated heterocycles. The molecule has 3 aromatic rings. The van der Waals surface area contributed by atoms with Crippen molar-refractivity contribution in [1.82, 2.24) is 0 Å². The molecule has 0 amide bonds. The molecule has 0 N–H and O–H groups in total. The van der Waals surface area contributed by atoms with Crippen LogP contribution in [0.1, 0.15) is 34.6 Å². The molecular formula is C25H26O4S. The number of hydrogen-bond acceptors (Lipinski definition) is 4. The molecule has 0 fully saturated rings. The van der Waals surface area contributed by atoms with E-state index < -0.39 is 9.84 Å². The molecule has 0 radical (unpaired) electrons. The van der Waals surface area contributed by atoms with Crippen LogP contribution in [0.5, 0.6) is 11.5 Å². The van der Waals surface area contributed by atoms with Crippen molar-refractivity contribution in [1.29, 1.82) is 0 Å². The van der Waals surface area contributed by atoms with E-state index in [9.17, 15) is 8.42 Å². The number of hydrogen-bond donors (Lipinski definition) is 0. The molecule has 0 aromatic heterocycles. The van der Waals surface area contributed by atoms with Crippen molar-refractivity contribution in [2.45, 2.75) is 37.2 Å². The number of fused-ring (bicyclic) bond motifs is 1. The van der Waals surface area contributed by atoms with E-state index in [-0.39, 0.29) is 11.7 Å². The number of ether oxygens (including phenoxy) is 2. The molecule has 5 heteroatoms. The minimum atomic E-state index is -3.18. The van der Waals surface area contributed by atoms with Crippen LogP contribution in [0.4, 0.5) is 0 Å². The Kier molecular flexibility index (Phi) is 5.82. The minimum Gasteiger partial charge on any atom is -0.493 e. The van der Waals surface area contributed by atoms with Crippen molar-refractivity contribution in [3.63, 3.8) is 0 Å². The molecule has 0 spiro atoms. The van der Waals surface area contributed by atoms with Gasteiger partial charge in [0.2, 0.25) is 0 Å². The van der Waals surface area contributed by atoms with Crippen LogP contribution in [-0.4, -0.2) is 21.3 Å². The van der Waals surface area contributed by atoms with Gasteiger partial charge in [0, 0.05) is 0 Å². The second kappa shape index (κ2) is 8.52. The summed E-state index contributed by atoms with van der Waals surface area (Å²) in [6, 6.07) is 21.6. The third-order valence-electron chi connectivity index (χ3n) is 5.62. The molecule has 4 nitrogen and oxygen atoms in total. The van der Waals surface area contributed by atoms with Crippen molar-refractivity contribution in [3.8, 4) is 11.5 Å². The fraction of sp³-hybridized carbons (Fsp3) is 0.280. The summed E-state index contributed by atoms with van der Waals surface area (Å²) >= 11 is 0. The zero-order chi connectivity index (χ0) is 21.1. The summed E-state index contributed by atoms with van der Waals surface area (Å²) in [6.07, 6.45) is 1.40. The molecule has 1 atom stereocenters. The first-order chi connectivity index (χ1) is 14.5. The fourth-order valence-electron chi connectivity index (χ4n) is 4.02. The van der Waals surface area contributed by atoms with Crippen molar-refractivity contribution in [2.75, 3.05) is 12.9 Å². The van der Waals surface area contributed by atoms with Crippen molar-refractivity contribution in [2.24, 2.45) is 0 Å². The van der Waals surface area contributed by atoms with Crippen LogP contribution in [0.2, 0.25) is 0 Å². The average molecular weight is 423 g/mol. The highest BCUT2D eigenvalue weighted by atomic mass is 32.2. The highest BCUT2D eigenvalue weighted by molar-refractivity contribution is 7.91. The van der Waals surface area contributed by atoms with Crippen LogP contribution in [0.25, 0.3) is 0 Å². The zero-order valence-electron chi connectivity index (χ0n) is 17.3. The van der Waals surface area contributed by atoms with Gasteiger partial charge < -0.3 is 9.47 Å². The first-order valence-electron chi connectivity index (χ1n) is 10.1. The van der Waals surface area contributed by atoms with E-state index in [1.807, 2.05) is 67.6 Å². The maximum absolute atomic E-state index is 12.5. The largest absolute Gasteiger partial charge is 0.493 e. The molecule has 0 bridgehead atoms. The Bertz CT molecular complexity index is 1140. The van der Waals surface area contributed by atoms with Crippen LogP contribution in [0.3, 0.4) is 0 Å². The van der Waals surface area contributed by atoms with Crippen LogP contribution in [0.15, 0.2) is 71.6 Å². The highest BCUT2D eigenvalue weighted by Gasteiger charge is 2.30. The Labute approximate surface area is 178 Å². The van der Waals surface area contributed by atoms with Crippen LogP contribution < -0.4 is 9.47 Å². The predicted octanol–water partition coefficient (Wildman–Crippen LogP) is 5.09. The van der Waals surface area contributed by atoms with Gasteiger partial charge in [-0.1, -0.05) is 54.1 Å². The van der Waals surface area contributed by atoms with Gasteiger partial charge in [0.15, 0.2) is 21.3 Å². The van der Waals surface area contributed by atoms with E-state index >= 15 is 0 Å². The zero-order valence-corrected chi connectivity index (χ0v) is 18.1. The van der Waals surface area contributed by atoms with Gasteiger partial charge in [-0.05, 0) is 60.6 Å². The van der Waals surface area contributed by atoms with Gasteiger partial charge in [-0.3, -0.25) is 0 Å². The Morgan fingerprint density at radius 3 is 2.50 bits per heavy atom. The summed E-state index contributed by atoms with van der Waals surface area (Å²) in [4.78, 5) is 0.485. The molecule has 30 heavy (non-hydrogen) atoms. The molecule has 1 heterocycles. The lowest BCUT2D eigenvalue weighted by atomic mass is 9.88. The fourth-order valence-corrected chi connectivity index (χ4v) is 5.70. The minimum absolute atomic E-state index is 0.171. The van der Waals surface area contributed by atoms with Crippen molar-refractivity contribution < 1.29 is 17.9 Å². The summed E-state index contributed by atoms with van der Waals surface area (Å²) < 4.78 is 36.5. The molecule has 1 aliphatic heterocycles. The number of methoxy groups -OCH3 is 1. The van der Waals surface area contributed by atoms with E-state index in [1.54, 1.807) is 13.2 Å². The van der Waals surface area contributed by atoms with E-state index in [4.69, 9.17) is 9.47 Å². The molecule has 4 rings (SSSR count).